The lowest BCUT2D eigenvalue weighted by molar-refractivity contribution is 0.711. The maximum atomic E-state index is 13.1. The van der Waals surface area contributed by atoms with Crippen LogP contribution < -0.4 is 5.69 Å². The third-order valence-electron chi connectivity index (χ3n) is 5.92. The molecule has 0 atom stereocenters. The molecule has 0 radical (unpaired) electrons. The minimum absolute atomic E-state index is 0.228. The first-order valence-corrected chi connectivity index (χ1v) is 10.3. The molecule has 0 spiro atoms. The zero-order chi connectivity index (χ0) is 18.5. The van der Waals surface area contributed by atoms with Gasteiger partial charge in [-0.25, -0.2) is 4.79 Å². The molecular formula is C23H23ClN2O. The predicted molar refractivity (Wildman–Crippen MR) is 110 cm³/mol. The smallest absolute Gasteiger partial charge is 0.259 e. The Balaban J connectivity index is 1.78. The zero-order valence-corrected chi connectivity index (χ0v) is 16.3. The third-order valence-corrected chi connectivity index (χ3v) is 6.24. The van der Waals surface area contributed by atoms with E-state index in [0.717, 1.165) is 35.4 Å². The van der Waals surface area contributed by atoms with Crippen LogP contribution in [0.5, 0.6) is 0 Å². The van der Waals surface area contributed by atoms with E-state index in [-0.39, 0.29) is 5.69 Å². The number of rotatable bonds is 5. The van der Waals surface area contributed by atoms with Gasteiger partial charge in [-0.3, -0.25) is 4.57 Å². The summed E-state index contributed by atoms with van der Waals surface area (Å²) >= 11 is 6.45. The standard InChI is InChI=1S/C23H23ClN2O/c1-14-12-17(16-9-10-16)13-21-22(14)19(11-8-15-6-7-15)25-23(27)26(21)20-5-3-2-4-18(20)24/h2-5,12-13,15-16H,6-11H2,1H3. The fourth-order valence-electron chi connectivity index (χ4n) is 4.12. The first kappa shape index (κ1) is 17.0. The van der Waals surface area contributed by atoms with Crippen LogP contribution in [0.25, 0.3) is 16.6 Å². The van der Waals surface area contributed by atoms with Gasteiger partial charge in [0.05, 0.1) is 21.9 Å². The van der Waals surface area contributed by atoms with Crippen LogP contribution in [0.1, 0.15) is 54.8 Å². The van der Waals surface area contributed by atoms with Gasteiger partial charge >= 0.3 is 5.69 Å². The number of nitrogens with zero attached hydrogens (tertiary/aromatic N) is 2. The Hall–Kier alpha value is -2.13. The van der Waals surface area contributed by atoms with Crippen molar-refractivity contribution in [3.8, 4) is 5.69 Å². The molecule has 2 aromatic carbocycles. The summed E-state index contributed by atoms with van der Waals surface area (Å²) in [5.74, 6) is 1.45. The molecule has 27 heavy (non-hydrogen) atoms. The normalized spacial score (nSPS) is 16.8. The first-order chi connectivity index (χ1) is 13.1. The van der Waals surface area contributed by atoms with Crippen LogP contribution in [0.4, 0.5) is 0 Å². The van der Waals surface area contributed by atoms with E-state index in [1.165, 1.54) is 36.8 Å². The van der Waals surface area contributed by atoms with Gasteiger partial charge in [-0.15, -0.1) is 0 Å². The van der Waals surface area contributed by atoms with Crippen molar-refractivity contribution in [1.82, 2.24) is 9.55 Å². The van der Waals surface area contributed by atoms with E-state index in [9.17, 15) is 4.79 Å². The van der Waals surface area contributed by atoms with Crippen LogP contribution in [-0.2, 0) is 6.42 Å². The number of aryl methyl sites for hydroxylation is 2. The average molecular weight is 379 g/mol. The minimum Gasteiger partial charge on any atom is -0.259 e. The third kappa shape index (κ3) is 3.19. The van der Waals surface area contributed by atoms with Crippen molar-refractivity contribution in [1.29, 1.82) is 0 Å². The number of benzene rings is 2. The van der Waals surface area contributed by atoms with Crippen molar-refractivity contribution < 1.29 is 0 Å². The largest absolute Gasteiger partial charge is 0.352 e. The van der Waals surface area contributed by atoms with Gasteiger partial charge in [0, 0.05) is 5.39 Å². The van der Waals surface area contributed by atoms with E-state index in [4.69, 9.17) is 11.6 Å². The lowest BCUT2D eigenvalue weighted by Gasteiger charge is -2.17. The number of para-hydroxylation sites is 1. The summed E-state index contributed by atoms with van der Waals surface area (Å²) in [5, 5.41) is 1.70. The van der Waals surface area contributed by atoms with Crippen molar-refractivity contribution in [3.63, 3.8) is 0 Å². The Kier molecular flexibility index (Phi) is 4.08. The number of hydrogen-bond donors (Lipinski definition) is 0. The van der Waals surface area contributed by atoms with Crippen molar-refractivity contribution >= 4 is 22.5 Å². The maximum absolute atomic E-state index is 13.1. The second-order valence-corrected chi connectivity index (χ2v) is 8.52. The highest BCUT2D eigenvalue weighted by Crippen LogP contribution is 2.42. The fourth-order valence-corrected chi connectivity index (χ4v) is 4.34. The summed E-state index contributed by atoms with van der Waals surface area (Å²) in [6.45, 7) is 2.15. The number of fused-ring (bicyclic) bond motifs is 1. The highest BCUT2D eigenvalue weighted by Gasteiger charge is 2.26. The van der Waals surface area contributed by atoms with E-state index in [2.05, 4.69) is 24.0 Å². The fraction of sp³-hybridized carbons (Fsp3) is 0.391. The summed E-state index contributed by atoms with van der Waals surface area (Å²) in [7, 11) is 0. The molecule has 5 rings (SSSR count). The van der Waals surface area contributed by atoms with E-state index in [1.807, 2.05) is 24.3 Å². The van der Waals surface area contributed by atoms with Crippen LogP contribution in [0.15, 0.2) is 41.2 Å². The van der Waals surface area contributed by atoms with Crippen molar-refractivity contribution in [2.45, 2.75) is 51.4 Å². The highest BCUT2D eigenvalue weighted by atomic mass is 35.5. The molecule has 1 heterocycles. The van der Waals surface area contributed by atoms with Crippen molar-refractivity contribution in [2.75, 3.05) is 0 Å². The molecule has 138 valence electrons. The van der Waals surface area contributed by atoms with E-state index in [1.54, 1.807) is 4.57 Å². The van der Waals surface area contributed by atoms with Gasteiger partial charge in [-0.05, 0) is 73.8 Å². The maximum Gasteiger partial charge on any atom is 0.352 e. The minimum atomic E-state index is -0.228. The SMILES string of the molecule is Cc1cc(C2CC2)cc2c1c(CCC1CC1)nc(=O)n2-c1ccccc1Cl. The molecule has 2 aliphatic carbocycles. The summed E-state index contributed by atoms with van der Waals surface area (Å²) < 4.78 is 1.71. The Labute approximate surface area is 164 Å². The van der Waals surface area contributed by atoms with Gasteiger partial charge in [-0.1, -0.05) is 42.6 Å². The molecule has 1 aromatic heterocycles. The van der Waals surface area contributed by atoms with Crippen LogP contribution in [-0.4, -0.2) is 9.55 Å². The summed E-state index contributed by atoms with van der Waals surface area (Å²) in [4.78, 5) is 17.6. The molecule has 2 aliphatic rings. The van der Waals surface area contributed by atoms with Gasteiger partial charge in [0.15, 0.2) is 0 Å². The first-order valence-electron chi connectivity index (χ1n) is 9.93. The number of aromatic nitrogens is 2. The molecular weight excluding hydrogens is 356 g/mol. The van der Waals surface area contributed by atoms with E-state index in [0.29, 0.717) is 16.6 Å². The lowest BCUT2D eigenvalue weighted by atomic mass is 9.99. The van der Waals surface area contributed by atoms with Gasteiger partial charge in [0.1, 0.15) is 0 Å². The number of halogens is 1. The molecule has 3 aromatic rings. The predicted octanol–water partition coefficient (Wildman–Crippen LogP) is 5.57. The number of hydrogen-bond acceptors (Lipinski definition) is 2. The summed E-state index contributed by atoms with van der Waals surface area (Å²) in [6, 6.07) is 12.0. The molecule has 0 amide bonds. The Morgan fingerprint density at radius 1 is 1.15 bits per heavy atom. The Morgan fingerprint density at radius 3 is 2.63 bits per heavy atom. The van der Waals surface area contributed by atoms with Gasteiger partial charge < -0.3 is 0 Å². The van der Waals surface area contributed by atoms with Crippen LogP contribution >= 0.6 is 11.6 Å². The van der Waals surface area contributed by atoms with Crippen LogP contribution in [0.2, 0.25) is 5.02 Å². The van der Waals surface area contributed by atoms with Crippen LogP contribution in [0, 0.1) is 12.8 Å². The van der Waals surface area contributed by atoms with Crippen molar-refractivity contribution in [2.24, 2.45) is 5.92 Å². The molecule has 0 saturated heterocycles. The van der Waals surface area contributed by atoms with E-state index < -0.39 is 0 Å². The van der Waals surface area contributed by atoms with Gasteiger partial charge in [0.25, 0.3) is 0 Å². The molecule has 3 nitrogen and oxygen atoms in total. The van der Waals surface area contributed by atoms with Gasteiger partial charge in [-0.2, -0.15) is 4.98 Å². The molecule has 4 heteroatoms. The van der Waals surface area contributed by atoms with Crippen LogP contribution in [0.3, 0.4) is 0 Å². The summed E-state index contributed by atoms with van der Waals surface area (Å²) in [6.07, 6.45) is 7.12. The topological polar surface area (TPSA) is 34.9 Å². The second kappa shape index (κ2) is 6.49. The molecule has 0 N–H and O–H groups in total. The summed E-state index contributed by atoms with van der Waals surface area (Å²) in [5.41, 5.74) is 4.94. The molecule has 0 unspecified atom stereocenters. The monoisotopic (exact) mass is 378 g/mol. The molecule has 2 fully saturated rings. The van der Waals surface area contributed by atoms with Gasteiger partial charge in [0.2, 0.25) is 0 Å². The van der Waals surface area contributed by atoms with E-state index >= 15 is 0 Å². The quantitative estimate of drug-likeness (QED) is 0.581. The molecule has 0 aliphatic heterocycles. The highest BCUT2D eigenvalue weighted by molar-refractivity contribution is 6.32. The Bertz CT molecular complexity index is 1090. The zero-order valence-electron chi connectivity index (χ0n) is 15.5. The molecule has 2 saturated carbocycles. The Morgan fingerprint density at radius 2 is 1.93 bits per heavy atom. The lowest BCUT2D eigenvalue weighted by Crippen LogP contribution is -2.24. The second-order valence-electron chi connectivity index (χ2n) is 8.12. The molecule has 0 bridgehead atoms. The average Bonchev–Trinajstić information content (AvgIpc) is 3.54. The van der Waals surface area contributed by atoms with Crippen molar-refractivity contribution in [3.05, 3.63) is 68.7 Å².